The summed E-state index contributed by atoms with van der Waals surface area (Å²) >= 11 is 0. The molecule has 1 saturated heterocycles. The molecule has 0 radical (unpaired) electrons. The Labute approximate surface area is 128 Å². The number of unbranched alkanes of at least 4 members (excludes halogenated alkanes) is 1. The van der Waals surface area contributed by atoms with Crippen molar-refractivity contribution in [3.8, 4) is 0 Å². The van der Waals surface area contributed by atoms with Crippen LogP contribution in [0.5, 0.6) is 0 Å². The van der Waals surface area contributed by atoms with Crippen LogP contribution in [-0.4, -0.2) is 41.0 Å². The zero-order chi connectivity index (χ0) is 15.4. The molecule has 8 unspecified atom stereocenters. The number of rotatable bonds is 8. The lowest BCUT2D eigenvalue weighted by Gasteiger charge is -2.24. The zero-order valence-electron chi connectivity index (χ0n) is 12.7. The average molecular weight is 322 g/mol. The first kappa shape index (κ1) is 17.6. The van der Waals surface area contributed by atoms with Crippen molar-refractivity contribution in [2.75, 3.05) is 0 Å². The first-order chi connectivity index (χ1) is 10.1. The number of hydrogen-bond donors (Lipinski definition) is 2. The van der Waals surface area contributed by atoms with Crippen LogP contribution in [0.1, 0.15) is 51.9 Å². The van der Waals surface area contributed by atoms with Crippen molar-refractivity contribution in [3.63, 3.8) is 0 Å². The van der Waals surface area contributed by atoms with Crippen LogP contribution < -0.4 is 0 Å². The topological polar surface area (TPSA) is 58.9 Å². The molecule has 4 nitrogen and oxygen atoms in total. The van der Waals surface area contributed by atoms with Crippen molar-refractivity contribution < 1.29 is 23.9 Å². The molecular formula is C15H28FO4P. The molecule has 1 saturated carbocycles. The Bertz CT molecular complexity index is 320. The summed E-state index contributed by atoms with van der Waals surface area (Å²) in [6.45, 7) is 2.02. The Morgan fingerprint density at radius 1 is 1.38 bits per heavy atom. The number of aliphatic hydroxyl groups excluding tert-OH is 2. The molecule has 2 N–H and O–H groups in total. The van der Waals surface area contributed by atoms with Crippen LogP contribution in [0.4, 0.5) is 4.39 Å². The molecule has 0 bridgehead atoms. The van der Waals surface area contributed by atoms with E-state index in [9.17, 15) is 14.6 Å². The molecule has 1 heterocycles. The van der Waals surface area contributed by atoms with Gasteiger partial charge in [0.15, 0.2) is 6.29 Å². The summed E-state index contributed by atoms with van der Waals surface area (Å²) in [5, 5.41) is 19.6. The third kappa shape index (κ3) is 4.35. The second-order valence-corrected chi connectivity index (χ2v) is 6.68. The minimum Gasteiger partial charge on any atom is -0.390 e. The van der Waals surface area contributed by atoms with Crippen LogP contribution in [0.2, 0.25) is 0 Å². The molecule has 0 amide bonds. The van der Waals surface area contributed by atoms with Gasteiger partial charge in [0, 0.05) is 22.3 Å². The predicted molar refractivity (Wildman–Crippen MR) is 81.3 cm³/mol. The molecule has 124 valence electrons. The summed E-state index contributed by atoms with van der Waals surface area (Å²) < 4.78 is 24.7. The van der Waals surface area contributed by atoms with Crippen LogP contribution >= 0.6 is 9.47 Å². The smallest absolute Gasteiger partial charge is 0.155 e. The first-order valence-corrected chi connectivity index (χ1v) is 8.55. The maximum atomic E-state index is 13.8. The van der Waals surface area contributed by atoms with E-state index in [4.69, 9.17) is 9.26 Å². The number of aliphatic hydroxyl groups is 2. The van der Waals surface area contributed by atoms with Gasteiger partial charge in [-0.25, -0.2) is 4.39 Å². The largest absolute Gasteiger partial charge is 0.390 e. The molecule has 21 heavy (non-hydrogen) atoms. The molecule has 2 fully saturated rings. The van der Waals surface area contributed by atoms with Crippen molar-refractivity contribution >= 4 is 9.47 Å². The van der Waals surface area contributed by atoms with Crippen molar-refractivity contribution in [1.82, 2.24) is 0 Å². The van der Waals surface area contributed by atoms with Crippen LogP contribution in [0.25, 0.3) is 0 Å². The van der Waals surface area contributed by atoms with Gasteiger partial charge in [-0.15, -0.1) is 0 Å². The lowest BCUT2D eigenvalue weighted by molar-refractivity contribution is -0.0939. The fourth-order valence-electron chi connectivity index (χ4n) is 3.80. The Morgan fingerprint density at radius 2 is 2.14 bits per heavy atom. The van der Waals surface area contributed by atoms with Gasteiger partial charge in [-0.3, -0.25) is 0 Å². The van der Waals surface area contributed by atoms with E-state index >= 15 is 0 Å². The van der Waals surface area contributed by atoms with Crippen molar-refractivity contribution in [2.24, 2.45) is 11.8 Å². The summed E-state index contributed by atoms with van der Waals surface area (Å²) in [4.78, 5) is 0. The zero-order valence-corrected chi connectivity index (χ0v) is 13.8. The molecule has 2 rings (SSSR count). The van der Waals surface area contributed by atoms with Crippen molar-refractivity contribution in [3.05, 3.63) is 0 Å². The van der Waals surface area contributed by atoms with E-state index in [2.05, 4.69) is 9.47 Å². The van der Waals surface area contributed by atoms with E-state index in [0.29, 0.717) is 25.7 Å². The molecule has 8 atom stereocenters. The highest BCUT2D eigenvalue weighted by atomic mass is 31.0. The molecule has 0 aromatic heterocycles. The third-order valence-electron chi connectivity index (χ3n) is 5.00. The van der Waals surface area contributed by atoms with Crippen LogP contribution in [-0.2, 0) is 9.26 Å². The molecular weight excluding hydrogens is 294 g/mol. The lowest BCUT2D eigenvalue weighted by Crippen LogP contribution is -2.26. The van der Waals surface area contributed by atoms with Gasteiger partial charge in [-0.1, -0.05) is 19.8 Å². The van der Waals surface area contributed by atoms with Crippen molar-refractivity contribution in [2.45, 2.75) is 82.6 Å². The average Bonchev–Trinajstić information content (AvgIpc) is 2.97. The number of halogens is 1. The predicted octanol–water partition coefficient (Wildman–Crippen LogP) is 2.57. The Hall–Kier alpha value is 0.200. The Kier molecular flexibility index (Phi) is 6.82. The Morgan fingerprint density at radius 3 is 2.81 bits per heavy atom. The van der Waals surface area contributed by atoms with Crippen LogP contribution in [0.15, 0.2) is 0 Å². The van der Waals surface area contributed by atoms with E-state index < -0.39 is 18.6 Å². The maximum Gasteiger partial charge on any atom is 0.155 e. The summed E-state index contributed by atoms with van der Waals surface area (Å²) in [5.74, 6) is 0.476. The molecule has 6 heteroatoms. The van der Waals surface area contributed by atoms with Crippen LogP contribution in [0, 0.1) is 11.8 Å². The number of alkyl halides is 1. The van der Waals surface area contributed by atoms with Gasteiger partial charge >= 0.3 is 0 Å². The SMILES string of the molecule is CCCCC(F)C(O)CCC1C(OP)CC2OC(O)CC21. The first-order valence-electron chi connectivity index (χ1n) is 8.08. The minimum atomic E-state index is -1.14. The molecule has 1 aliphatic carbocycles. The highest BCUT2D eigenvalue weighted by Crippen LogP contribution is 2.46. The quantitative estimate of drug-likeness (QED) is 0.674. The Balaban J connectivity index is 1.82. The van der Waals surface area contributed by atoms with Crippen molar-refractivity contribution in [1.29, 1.82) is 0 Å². The normalized spacial score (nSPS) is 38.4. The van der Waals surface area contributed by atoms with Gasteiger partial charge in [0.1, 0.15) is 6.17 Å². The fraction of sp³-hybridized carbons (Fsp3) is 1.00. The van der Waals surface area contributed by atoms with E-state index in [0.717, 1.165) is 19.3 Å². The van der Waals surface area contributed by atoms with Crippen LogP contribution in [0.3, 0.4) is 0 Å². The standard InChI is InChI=1S/C15H28FO4P/c1-2-3-4-11(16)12(17)6-5-9-10-7-15(18)19-13(10)8-14(9)20-21/h9-15,17-18H,2-8,21H2,1H3. The molecule has 0 aromatic carbocycles. The van der Waals surface area contributed by atoms with Gasteiger partial charge in [0.05, 0.1) is 18.3 Å². The maximum absolute atomic E-state index is 13.8. The highest BCUT2D eigenvalue weighted by molar-refractivity contribution is 7.09. The monoisotopic (exact) mass is 322 g/mol. The van der Waals surface area contributed by atoms with Gasteiger partial charge in [0.25, 0.3) is 0 Å². The van der Waals surface area contributed by atoms with E-state index in [1.807, 2.05) is 6.92 Å². The van der Waals surface area contributed by atoms with Gasteiger partial charge in [-0.05, 0) is 31.1 Å². The fourth-order valence-corrected chi connectivity index (χ4v) is 4.11. The second-order valence-electron chi connectivity index (χ2n) is 6.41. The van der Waals surface area contributed by atoms with E-state index in [1.54, 1.807) is 0 Å². The van der Waals surface area contributed by atoms with E-state index in [-0.39, 0.29) is 24.0 Å². The number of ether oxygens (including phenoxy) is 1. The number of hydrogen-bond acceptors (Lipinski definition) is 4. The number of fused-ring (bicyclic) bond motifs is 1. The summed E-state index contributed by atoms with van der Waals surface area (Å²) in [6, 6.07) is 0. The minimum absolute atomic E-state index is 0.0361. The van der Waals surface area contributed by atoms with Gasteiger partial charge in [0.2, 0.25) is 0 Å². The lowest BCUT2D eigenvalue weighted by atomic mass is 9.86. The summed E-state index contributed by atoms with van der Waals surface area (Å²) in [5.41, 5.74) is 0. The van der Waals surface area contributed by atoms with Gasteiger partial charge < -0.3 is 19.5 Å². The highest BCUT2D eigenvalue weighted by Gasteiger charge is 2.49. The molecule has 1 aliphatic heterocycles. The summed E-state index contributed by atoms with van der Waals surface area (Å²) in [6.07, 6.45) is 2.09. The third-order valence-corrected chi connectivity index (χ3v) is 5.35. The molecule has 0 aromatic rings. The van der Waals surface area contributed by atoms with E-state index in [1.165, 1.54) is 0 Å². The molecule has 0 spiro atoms. The summed E-state index contributed by atoms with van der Waals surface area (Å²) in [7, 11) is 2.29. The molecule has 2 aliphatic rings. The van der Waals surface area contributed by atoms with Gasteiger partial charge in [-0.2, -0.15) is 0 Å². The second kappa shape index (κ2) is 8.16.